The summed E-state index contributed by atoms with van der Waals surface area (Å²) in [6, 6.07) is 2.59. The van der Waals surface area contributed by atoms with Crippen LogP contribution in [0.4, 0.5) is 4.79 Å². The average molecular weight is 318 g/mol. The molecule has 1 aromatic rings. The van der Waals surface area contributed by atoms with E-state index in [1.807, 2.05) is 37.9 Å². The molecule has 5 nitrogen and oxygen atoms in total. The Morgan fingerprint density at radius 1 is 1.26 bits per heavy atom. The molecule has 0 aliphatic carbocycles. The highest BCUT2D eigenvalue weighted by molar-refractivity contribution is 5.69. The molecule has 2 aliphatic rings. The molecule has 3 rings (SSSR count). The van der Waals surface area contributed by atoms with Gasteiger partial charge in [-0.3, -0.25) is 4.98 Å². The lowest BCUT2D eigenvalue weighted by Gasteiger charge is -2.39. The Balaban J connectivity index is 1.76. The molecule has 1 amide bonds. The smallest absolute Gasteiger partial charge is 0.410 e. The first-order chi connectivity index (χ1) is 10.9. The Bertz CT molecular complexity index is 568. The van der Waals surface area contributed by atoms with E-state index in [9.17, 15) is 4.79 Å². The topological polar surface area (TPSA) is 51.7 Å². The van der Waals surface area contributed by atoms with Crippen molar-refractivity contribution in [2.24, 2.45) is 0 Å². The van der Waals surface area contributed by atoms with Crippen LogP contribution in [0.3, 0.4) is 0 Å². The van der Waals surface area contributed by atoms with Crippen molar-refractivity contribution < 1.29 is 14.3 Å². The van der Waals surface area contributed by atoms with Gasteiger partial charge in [-0.05, 0) is 58.4 Å². The second-order valence-corrected chi connectivity index (χ2v) is 7.56. The van der Waals surface area contributed by atoms with E-state index in [0.29, 0.717) is 5.92 Å². The van der Waals surface area contributed by atoms with E-state index < -0.39 is 5.60 Å². The number of hydrogen-bond acceptors (Lipinski definition) is 4. The summed E-state index contributed by atoms with van der Waals surface area (Å²) in [5.41, 5.74) is 0.769. The van der Waals surface area contributed by atoms with Gasteiger partial charge in [0, 0.05) is 23.8 Å². The number of rotatable bonds is 2. The predicted molar refractivity (Wildman–Crippen MR) is 87.6 cm³/mol. The normalized spacial score (nSPS) is 27.0. The number of hydrogen-bond donors (Lipinski definition) is 0. The lowest BCUT2D eigenvalue weighted by atomic mass is 9.85. The molecule has 0 N–H and O–H groups in total. The van der Waals surface area contributed by atoms with Crippen LogP contribution in [0.2, 0.25) is 0 Å². The standard InChI is InChI=1S/C18H26N2O3/c1-18(2,3)23-17(21)20-13-5-6-14(20)10-12(9-13)15-7-8-19-11-16(15)22-4/h7-8,11-14H,5-6,9-10H2,1-4H3/t12?,13-,14+. The molecule has 0 saturated carbocycles. The predicted octanol–water partition coefficient (Wildman–Crippen LogP) is 3.74. The van der Waals surface area contributed by atoms with E-state index in [1.165, 1.54) is 5.56 Å². The van der Waals surface area contributed by atoms with E-state index in [4.69, 9.17) is 9.47 Å². The number of nitrogens with zero attached hydrogens (tertiary/aromatic N) is 2. The maximum atomic E-state index is 12.5. The Labute approximate surface area is 138 Å². The molecule has 2 saturated heterocycles. The fourth-order valence-electron chi connectivity index (χ4n) is 3.94. The van der Waals surface area contributed by atoms with Crippen molar-refractivity contribution in [1.82, 2.24) is 9.88 Å². The van der Waals surface area contributed by atoms with Gasteiger partial charge in [-0.2, -0.15) is 0 Å². The minimum atomic E-state index is -0.443. The maximum Gasteiger partial charge on any atom is 0.410 e. The molecule has 23 heavy (non-hydrogen) atoms. The number of carbonyl (C=O) groups excluding carboxylic acids is 1. The number of ether oxygens (including phenoxy) is 2. The van der Waals surface area contributed by atoms with E-state index in [0.717, 1.165) is 31.4 Å². The van der Waals surface area contributed by atoms with Crippen LogP contribution in [-0.2, 0) is 4.74 Å². The molecule has 0 spiro atoms. The number of piperidine rings is 1. The number of carbonyl (C=O) groups is 1. The van der Waals surface area contributed by atoms with Gasteiger partial charge < -0.3 is 14.4 Å². The summed E-state index contributed by atoms with van der Waals surface area (Å²) in [6.45, 7) is 5.75. The summed E-state index contributed by atoms with van der Waals surface area (Å²) in [4.78, 5) is 18.6. The van der Waals surface area contributed by atoms with E-state index in [1.54, 1.807) is 13.3 Å². The zero-order valence-corrected chi connectivity index (χ0v) is 14.4. The molecule has 126 valence electrons. The zero-order chi connectivity index (χ0) is 16.6. The van der Waals surface area contributed by atoms with Crippen LogP contribution in [-0.4, -0.2) is 40.8 Å². The quantitative estimate of drug-likeness (QED) is 0.833. The van der Waals surface area contributed by atoms with Crippen LogP contribution in [0.15, 0.2) is 18.5 Å². The summed E-state index contributed by atoms with van der Waals surface area (Å²) in [5.74, 6) is 1.27. The molecular formula is C18H26N2O3. The highest BCUT2D eigenvalue weighted by Gasteiger charge is 2.45. The van der Waals surface area contributed by atoms with Crippen molar-refractivity contribution in [2.75, 3.05) is 7.11 Å². The monoisotopic (exact) mass is 318 g/mol. The van der Waals surface area contributed by atoms with Gasteiger partial charge in [-0.25, -0.2) is 4.79 Å². The van der Waals surface area contributed by atoms with Gasteiger partial charge in [0.2, 0.25) is 0 Å². The number of methoxy groups -OCH3 is 1. The van der Waals surface area contributed by atoms with Crippen molar-refractivity contribution in [1.29, 1.82) is 0 Å². The van der Waals surface area contributed by atoms with E-state index in [2.05, 4.69) is 4.98 Å². The van der Waals surface area contributed by atoms with Gasteiger partial charge in [0.15, 0.2) is 0 Å². The molecule has 5 heteroatoms. The van der Waals surface area contributed by atoms with Crippen molar-refractivity contribution in [2.45, 2.75) is 70.1 Å². The lowest BCUT2D eigenvalue weighted by molar-refractivity contribution is 0.00579. The third-order valence-electron chi connectivity index (χ3n) is 4.81. The van der Waals surface area contributed by atoms with Crippen molar-refractivity contribution in [3.8, 4) is 5.75 Å². The van der Waals surface area contributed by atoms with Crippen LogP contribution in [0.5, 0.6) is 5.75 Å². The zero-order valence-electron chi connectivity index (χ0n) is 14.4. The van der Waals surface area contributed by atoms with Crippen molar-refractivity contribution in [3.63, 3.8) is 0 Å². The summed E-state index contributed by atoms with van der Waals surface area (Å²) in [5, 5.41) is 0. The average Bonchev–Trinajstić information content (AvgIpc) is 2.76. The first-order valence-corrected chi connectivity index (χ1v) is 8.38. The van der Waals surface area contributed by atoms with Gasteiger partial charge in [0.1, 0.15) is 11.4 Å². The number of fused-ring (bicyclic) bond motifs is 2. The summed E-state index contributed by atoms with van der Waals surface area (Å²) < 4.78 is 11.1. The Morgan fingerprint density at radius 2 is 1.91 bits per heavy atom. The second-order valence-electron chi connectivity index (χ2n) is 7.56. The van der Waals surface area contributed by atoms with E-state index in [-0.39, 0.29) is 18.2 Å². The molecule has 0 radical (unpaired) electrons. The number of aromatic nitrogens is 1. The van der Waals surface area contributed by atoms with Crippen molar-refractivity contribution in [3.05, 3.63) is 24.0 Å². The van der Waals surface area contributed by atoms with Gasteiger partial charge in [0.05, 0.1) is 13.3 Å². The van der Waals surface area contributed by atoms with Crippen LogP contribution < -0.4 is 4.74 Å². The van der Waals surface area contributed by atoms with Crippen LogP contribution in [0.1, 0.15) is 57.9 Å². The van der Waals surface area contributed by atoms with Gasteiger partial charge in [-0.1, -0.05) is 0 Å². The summed E-state index contributed by atoms with van der Waals surface area (Å²) in [7, 11) is 1.69. The minimum absolute atomic E-state index is 0.162. The van der Waals surface area contributed by atoms with Crippen LogP contribution in [0.25, 0.3) is 0 Å². The molecule has 0 aromatic carbocycles. The molecule has 2 bridgehead atoms. The first-order valence-electron chi connectivity index (χ1n) is 8.38. The molecule has 2 fully saturated rings. The van der Waals surface area contributed by atoms with Crippen LogP contribution in [0, 0.1) is 0 Å². The summed E-state index contributed by atoms with van der Waals surface area (Å²) >= 11 is 0. The third kappa shape index (κ3) is 3.28. The SMILES string of the molecule is COc1cnccc1C1C[C@H]2CC[C@@H](C1)N2C(=O)OC(C)(C)C. The fourth-order valence-corrected chi connectivity index (χ4v) is 3.94. The molecule has 1 unspecified atom stereocenters. The maximum absolute atomic E-state index is 12.5. The summed E-state index contributed by atoms with van der Waals surface area (Å²) in [6.07, 6.45) is 7.50. The van der Waals surface area contributed by atoms with Gasteiger partial charge >= 0.3 is 6.09 Å². The highest BCUT2D eigenvalue weighted by Crippen LogP contribution is 2.45. The fraction of sp³-hybridized carbons (Fsp3) is 0.667. The first kappa shape index (κ1) is 16.1. The van der Waals surface area contributed by atoms with E-state index >= 15 is 0 Å². The Kier molecular flexibility index (Phi) is 4.21. The molecule has 2 aliphatic heterocycles. The highest BCUT2D eigenvalue weighted by atomic mass is 16.6. The second kappa shape index (κ2) is 6.02. The molecular weight excluding hydrogens is 292 g/mol. The Morgan fingerprint density at radius 3 is 2.48 bits per heavy atom. The Hall–Kier alpha value is -1.78. The molecule has 3 atom stereocenters. The molecule has 1 aromatic heterocycles. The third-order valence-corrected chi connectivity index (χ3v) is 4.81. The largest absolute Gasteiger partial charge is 0.495 e. The minimum Gasteiger partial charge on any atom is -0.495 e. The van der Waals surface area contributed by atoms with Gasteiger partial charge in [-0.15, -0.1) is 0 Å². The number of amides is 1. The number of pyridine rings is 1. The lowest BCUT2D eigenvalue weighted by Crippen LogP contribution is -2.48. The molecule has 3 heterocycles. The van der Waals surface area contributed by atoms with Crippen molar-refractivity contribution >= 4 is 6.09 Å². The van der Waals surface area contributed by atoms with Gasteiger partial charge in [0.25, 0.3) is 0 Å². The van der Waals surface area contributed by atoms with Crippen LogP contribution >= 0.6 is 0 Å².